The first kappa shape index (κ1) is 19.0. The number of halogens is 4. The summed E-state index contributed by atoms with van der Waals surface area (Å²) in [4.78, 5) is 12.4. The zero-order chi connectivity index (χ0) is 19.8. The van der Waals surface area contributed by atoms with Gasteiger partial charge >= 0.3 is 6.18 Å². The summed E-state index contributed by atoms with van der Waals surface area (Å²) < 4.78 is 42.0. The van der Waals surface area contributed by atoms with Crippen molar-refractivity contribution in [2.24, 2.45) is 0 Å². The third kappa shape index (κ3) is 3.97. The van der Waals surface area contributed by atoms with Crippen LogP contribution in [0.4, 0.5) is 18.9 Å². The fourth-order valence-corrected chi connectivity index (χ4v) is 2.71. The van der Waals surface area contributed by atoms with Gasteiger partial charge in [0.05, 0.1) is 33.3 Å². The number of rotatable bonds is 4. The van der Waals surface area contributed by atoms with Crippen LogP contribution in [0.1, 0.15) is 17.0 Å². The fraction of sp³-hybridized carbons (Fsp3) is 0.235. The van der Waals surface area contributed by atoms with E-state index in [0.717, 1.165) is 12.1 Å². The Bertz CT molecular complexity index is 979. The van der Waals surface area contributed by atoms with Crippen molar-refractivity contribution in [3.05, 3.63) is 58.6 Å². The molecule has 0 aliphatic carbocycles. The Hall–Kier alpha value is -2.81. The van der Waals surface area contributed by atoms with Crippen LogP contribution in [0.3, 0.4) is 0 Å². The largest absolute Gasteiger partial charge is 0.416 e. The number of benzene rings is 1. The second kappa shape index (κ2) is 7.07. The van der Waals surface area contributed by atoms with Gasteiger partial charge in [-0.3, -0.25) is 9.48 Å². The third-order valence-electron chi connectivity index (χ3n) is 3.94. The molecule has 0 saturated carbocycles. The lowest BCUT2D eigenvalue weighted by Crippen LogP contribution is -2.21. The minimum Gasteiger partial charge on any atom is -0.323 e. The lowest BCUT2D eigenvalue weighted by atomic mass is 10.1. The zero-order valence-corrected chi connectivity index (χ0v) is 15.1. The number of nitrogens with zero attached hydrogens (tertiary/aromatic N) is 4. The van der Waals surface area contributed by atoms with E-state index in [1.54, 1.807) is 26.1 Å². The Morgan fingerprint density at radius 1 is 1.30 bits per heavy atom. The summed E-state index contributed by atoms with van der Waals surface area (Å²) in [6.07, 6.45) is -1.48. The molecule has 10 heteroatoms. The minimum absolute atomic E-state index is 0.00819. The summed E-state index contributed by atoms with van der Waals surface area (Å²) in [6.45, 7) is 3.22. The molecule has 0 aliphatic heterocycles. The molecule has 1 aromatic carbocycles. The van der Waals surface area contributed by atoms with Crippen LogP contribution in [0.25, 0.3) is 5.69 Å². The molecule has 1 N–H and O–H groups in total. The summed E-state index contributed by atoms with van der Waals surface area (Å²) in [6, 6.07) is 4.70. The molecule has 0 atom stereocenters. The molecule has 3 rings (SSSR count). The van der Waals surface area contributed by atoms with E-state index in [1.807, 2.05) is 0 Å². The quantitative estimate of drug-likeness (QED) is 0.723. The number of nitrogens with one attached hydrogen (secondary N) is 1. The summed E-state index contributed by atoms with van der Waals surface area (Å²) in [5, 5.41) is 11.1. The van der Waals surface area contributed by atoms with Crippen molar-refractivity contribution >= 4 is 23.2 Å². The highest BCUT2D eigenvalue weighted by atomic mass is 35.5. The van der Waals surface area contributed by atoms with E-state index in [1.165, 1.54) is 21.6 Å². The van der Waals surface area contributed by atoms with Crippen LogP contribution in [-0.2, 0) is 17.5 Å². The van der Waals surface area contributed by atoms with Crippen LogP contribution in [0.15, 0.2) is 36.7 Å². The van der Waals surface area contributed by atoms with Crippen molar-refractivity contribution in [2.45, 2.75) is 26.6 Å². The second-order valence-electron chi connectivity index (χ2n) is 5.87. The van der Waals surface area contributed by atoms with Crippen molar-refractivity contribution in [3.8, 4) is 5.69 Å². The van der Waals surface area contributed by atoms with Gasteiger partial charge in [0.15, 0.2) is 0 Å². The maximum atomic E-state index is 13.1. The number of amides is 1. The molecule has 0 aliphatic rings. The molecule has 2 aromatic heterocycles. The molecule has 0 radical (unpaired) electrons. The molecule has 3 aromatic rings. The van der Waals surface area contributed by atoms with E-state index in [2.05, 4.69) is 15.5 Å². The van der Waals surface area contributed by atoms with Gasteiger partial charge in [-0.2, -0.15) is 23.4 Å². The minimum atomic E-state index is -4.54. The van der Waals surface area contributed by atoms with Gasteiger partial charge in [0, 0.05) is 12.4 Å². The molecule has 0 saturated heterocycles. The Balaban J connectivity index is 1.91. The Morgan fingerprint density at radius 2 is 2.04 bits per heavy atom. The lowest BCUT2D eigenvalue weighted by Gasteiger charge is -2.15. The standard InChI is InChI=1S/C17H15ClF3N5O/c1-10-16(18)11(2)26(24-10)9-15(27)23-13-8-12(17(19,20)21)4-5-14(13)25-7-3-6-22-25/h3-8H,9H2,1-2H3,(H,23,27). The van der Waals surface area contributed by atoms with Gasteiger partial charge in [-0.05, 0) is 38.1 Å². The smallest absolute Gasteiger partial charge is 0.323 e. The number of aromatic nitrogens is 4. The summed E-state index contributed by atoms with van der Waals surface area (Å²) in [7, 11) is 0. The van der Waals surface area contributed by atoms with Gasteiger partial charge in [0.25, 0.3) is 0 Å². The van der Waals surface area contributed by atoms with Gasteiger partial charge < -0.3 is 5.32 Å². The maximum Gasteiger partial charge on any atom is 0.416 e. The predicted octanol–water partition coefficient (Wildman–Crippen LogP) is 4.00. The van der Waals surface area contributed by atoms with E-state index >= 15 is 0 Å². The first-order valence-electron chi connectivity index (χ1n) is 7.87. The highest BCUT2D eigenvalue weighted by Crippen LogP contribution is 2.33. The predicted molar refractivity (Wildman–Crippen MR) is 93.9 cm³/mol. The Labute approximate surface area is 157 Å². The zero-order valence-electron chi connectivity index (χ0n) is 14.4. The van der Waals surface area contributed by atoms with Crippen molar-refractivity contribution < 1.29 is 18.0 Å². The second-order valence-corrected chi connectivity index (χ2v) is 6.25. The molecule has 2 heterocycles. The molecule has 0 bridgehead atoms. The molecule has 27 heavy (non-hydrogen) atoms. The molecule has 142 valence electrons. The van der Waals surface area contributed by atoms with Crippen LogP contribution in [-0.4, -0.2) is 25.5 Å². The molecular weight excluding hydrogens is 383 g/mol. The molecule has 0 fully saturated rings. The first-order valence-corrected chi connectivity index (χ1v) is 8.25. The van der Waals surface area contributed by atoms with Gasteiger partial charge in [-0.15, -0.1) is 0 Å². The van der Waals surface area contributed by atoms with E-state index in [-0.39, 0.29) is 12.2 Å². The van der Waals surface area contributed by atoms with Crippen molar-refractivity contribution in [1.29, 1.82) is 0 Å². The molecule has 6 nitrogen and oxygen atoms in total. The van der Waals surface area contributed by atoms with Crippen LogP contribution in [0.5, 0.6) is 0 Å². The average Bonchev–Trinajstić information content (AvgIpc) is 3.20. The van der Waals surface area contributed by atoms with Crippen molar-refractivity contribution in [3.63, 3.8) is 0 Å². The Kier molecular flexibility index (Phi) is 4.97. The highest BCUT2D eigenvalue weighted by molar-refractivity contribution is 6.31. The topological polar surface area (TPSA) is 64.7 Å². The highest BCUT2D eigenvalue weighted by Gasteiger charge is 2.31. The van der Waals surface area contributed by atoms with Crippen LogP contribution in [0.2, 0.25) is 5.02 Å². The molecule has 0 spiro atoms. The van der Waals surface area contributed by atoms with E-state index in [9.17, 15) is 18.0 Å². The number of hydrogen-bond donors (Lipinski definition) is 1. The van der Waals surface area contributed by atoms with Crippen LogP contribution < -0.4 is 5.32 Å². The van der Waals surface area contributed by atoms with Crippen LogP contribution >= 0.6 is 11.6 Å². The summed E-state index contributed by atoms with van der Waals surface area (Å²) >= 11 is 6.05. The van der Waals surface area contributed by atoms with E-state index in [4.69, 9.17) is 11.6 Å². The van der Waals surface area contributed by atoms with Crippen molar-refractivity contribution in [1.82, 2.24) is 19.6 Å². The van der Waals surface area contributed by atoms with Gasteiger partial charge in [0.1, 0.15) is 6.54 Å². The van der Waals surface area contributed by atoms with E-state index in [0.29, 0.717) is 22.1 Å². The monoisotopic (exact) mass is 397 g/mol. The lowest BCUT2D eigenvalue weighted by molar-refractivity contribution is -0.137. The van der Waals surface area contributed by atoms with E-state index < -0.39 is 17.6 Å². The fourth-order valence-electron chi connectivity index (χ4n) is 2.58. The maximum absolute atomic E-state index is 13.1. The summed E-state index contributed by atoms with van der Waals surface area (Å²) in [5.41, 5.74) is 0.598. The molecule has 1 amide bonds. The number of hydrogen-bond acceptors (Lipinski definition) is 3. The van der Waals surface area contributed by atoms with Crippen LogP contribution in [0, 0.1) is 13.8 Å². The number of carbonyl (C=O) groups excluding carboxylic acids is 1. The number of anilines is 1. The number of carbonyl (C=O) groups is 1. The molecular formula is C17H15ClF3N5O. The van der Waals surface area contributed by atoms with Gasteiger partial charge in [-0.25, -0.2) is 4.68 Å². The summed E-state index contributed by atoms with van der Waals surface area (Å²) in [5.74, 6) is -0.537. The van der Waals surface area contributed by atoms with Crippen molar-refractivity contribution in [2.75, 3.05) is 5.32 Å². The number of alkyl halides is 3. The normalized spacial score (nSPS) is 11.6. The molecule has 0 unspecified atom stereocenters. The van der Waals surface area contributed by atoms with Gasteiger partial charge in [-0.1, -0.05) is 11.6 Å². The third-order valence-corrected chi connectivity index (χ3v) is 4.48. The SMILES string of the molecule is Cc1nn(CC(=O)Nc2cc(C(F)(F)F)ccc2-n2cccn2)c(C)c1Cl. The Morgan fingerprint density at radius 3 is 2.59 bits per heavy atom. The number of aryl methyl sites for hydroxylation is 1. The average molecular weight is 398 g/mol. The van der Waals surface area contributed by atoms with Gasteiger partial charge in [0.2, 0.25) is 5.91 Å². The first-order chi connectivity index (χ1) is 12.7.